The Bertz CT molecular complexity index is 399. The van der Waals surface area contributed by atoms with Gasteiger partial charge in [0.05, 0.1) is 7.11 Å². The van der Waals surface area contributed by atoms with Gasteiger partial charge in [-0.25, -0.2) is 0 Å². The van der Waals surface area contributed by atoms with Gasteiger partial charge in [-0.2, -0.15) is 0 Å². The summed E-state index contributed by atoms with van der Waals surface area (Å²) in [6.07, 6.45) is 2.70. The Labute approximate surface area is 104 Å². The van der Waals surface area contributed by atoms with Crippen molar-refractivity contribution < 1.29 is 9.84 Å². The molecule has 16 heavy (non-hydrogen) atoms. The van der Waals surface area contributed by atoms with Crippen LogP contribution >= 0.6 is 15.9 Å². The fourth-order valence-electron chi connectivity index (χ4n) is 1.93. The fraction of sp³-hybridized carbons (Fsp3) is 0.500. The molecular formula is C12H16BrNO2. The van der Waals surface area contributed by atoms with Gasteiger partial charge in [0.25, 0.3) is 0 Å². The van der Waals surface area contributed by atoms with Gasteiger partial charge in [-0.15, -0.1) is 0 Å². The number of hydrogen-bond acceptors (Lipinski definition) is 3. The highest BCUT2D eigenvalue weighted by Gasteiger charge is 2.44. The molecule has 0 heterocycles. The molecular weight excluding hydrogens is 270 g/mol. The van der Waals surface area contributed by atoms with E-state index in [0.29, 0.717) is 5.75 Å². The lowest BCUT2D eigenvalue weighted by Gasteiger charge is -2.18. The molecule has 1 aliphatic rings. The summed E-state index contributed by atoms with van der Waals surface area (Å²) in [5.74, 6) is 0.679. The zero-order chi connectivity index (χ0) is 11.9. The van der Waals surface area contributed by atoms with Crippen molar-refractivity contribution in [3.8, 4) is 11.5 Å². The number of halogens is 1. The van der Waals surface area contributed by atoms with E-state index in [1.807, 2.05) is 6.07 Å². The number of nitrogens with two attached hydrogens (primary N) is 1. The number of ether oxygens (including phenoxy) is 1. The first kappa shape index (κ1) is 11.7. The SMILES string of the molecule is CCc1cc(OC)c(O)c(C2(N)CC2)c1Br. The molecule has 0 amide bonds. The maximum atomic E-state index is 10.1. The molecule has 1 aromatic carbocycles. The number of phenolic OH excluding ortho intramolecular Hbond substituents is 1. The van der Waals surface area contributed by atoms with Crippen LogP contribution in [0.25, 0.3) is 0 Å². The van der Waals surface area contributed by atoms with Crippen LogP contribution in [-0.4, -0.2) is 12.2 Å². The molecule has 3 nitrogen and oxygen atoms in total. The average Bonchev–Trinajstić information content (AvgIpc) is 2.98. The highest BCUT2D eigenvalue weighted by Crippen LogP contribution is 2.52. The molecule has 1 aromatic rings. The van der Waals surface area contributed by atoms with Crippen LogP contribution in [0.2, 0.25) is 0 Å². The molecule has 1 saturated carbocycles. The van der Waals surface area contributed by atoms with E-state index in [1.54, 1.807) is 7.11 Å². The lowest BCUT2D eigenvalue weighted by atomic mass is 9.99. The minimum Gasteiger partial charge on any atom is -0.504 e. The summed E-state index contributed by atoms with van der Waals surface area (Å²) in [4.78, 5) is 0. The zero-order valence-electron chi connectivity index (χ0n) is 9.51. The van der Waals surface area contributed by atoms with Gasteiger partial charge in [0.1, 0.15) is 0 Å². The molecule has 1 aliphatic carbocycles. The van der Waals surface area contributed by atoms with Gasteiger partial charge in [-0.05, 0) is 30.9 Å². The van der Waals surface area contributed by atoms with Gasteiger partial charge in [-0.3, -0.25) is 0 Å². The van der Waals surface area contributed by atoms with Crippen molar-refractivity contribution in [3.63, 3.8) is 0 Å². The lowest BCUT2D eigenvalue weighted by Crippen LogP contribution is -2.20. The highest BCUT2D eigenvalue weighted by atomic mass is 79.9. The molecule has 0 unspecified atom stereocenters. The average molecular weight is 286 g/mol. The standard InChI is InChI=1S/C12H16BrNO2/c1-3-7-6-8(16-2)11(15)9(10(7)13)12(14)4-5-12/h6,15H,3-5,14H2,1-2H3. The van der Waals surface area contributed by atoms with Crippen LogP contribution < -0.4 is 10.5 Å². The number of rotatable bonds is 3. The van der Waals surface area contributed by atoms with Gasteiger partial charge in [0.15, 0.2) is 11.5 Å². The number of aryl methyl sites for hydroxylation is 1. The second kappa shape index (κ2) is 3.93. The van der Waals surface area contributed by atoms with E-state index in [1.165, 1.54) is 0 Å². The summed E-state index contributed by atoms with van der Waals surface area (Å²) in [7, 11) is 1.56. The zero-order valence-corrected chi connectivity index (χ0v) is 11.1. The Balaban J connectivity index is 2.64. The molecule has 0 atom stereocenters. The molecule has 0 aromatic heterocycles. The normalized spacial score (nSPS) is 17.2. The Morgan fingerprint density at radius 3 is 2.62 bits per heavy atom. The third kappa shape index (κ3) is 1.70. The minimum absolute atomic E-state index is 0.173. The predicted molar refractivity (Wildman–Crippen MR) is 66.8 cm³/mol. The molecule has 0 spiro atoms. The Morgan fingerprint density at radius 2 is 2.19 bits per heavy atom. The second-order valence-electron chi connectivity index (χ2n) is 4.29. The molecule has 0 radical (unpaired) electrons. The Morgan fingerprint density at radius 1 is 1.56 bits per heavy atom. The van der Waals surface area contributed by atoms with Crippen LogP contribution in [0.5, 0.6) is 11.5 Å². The van der Waals surface area contributed by atoms with Crippen molar-refractivity contribution in [3.05, 3.63) is 21.7 Å². The monoisotopic (exact) mass is 285 g/mol. The highest BCUT2D eigenvalue weighted by molar-refractivity contribution is 9.10. The Kier molecular flexibility index (Phi) is 2.88. The van der Waals surface area contributed by atoms with E-state index >= 15 is 0 Å². The van der Waals surface area contributed by atoms with Crippen LogP contribution in [0.1, 0.15) is 30.9 Å². The topological polar surface area (TPSA) is 55.5 Å². The first-order chi connectivity index (χ1) is 7.53. The van der Waals surface area contributed by atoms with Crippen molar-refractivity contribution in [2.75, 3.05) is 7.11 Å². The van der Waals surface area contributed by atoms with Crippen molar-refractivity contribution in [1.29, 1.82) is 0 Å². The first-order valence-electron chi connectivity index (χ1n) is 5.41. The molecule has 4 heteroatoms. The van der Waals surface area contributed by atoms with Crippen molar-refractivity contribution in [2.45, 2.75) is 31.7 Å². The van der Waals surface area contributed by atoms with Crippen LogP contribution in [0.4, 0.5) is 0 Å². The number of benzene rings is 1. The largest absolute Gasteiger partial charge is 0.504 e. The van der Waals surface area contributed by atoms with Gasteiger partial charge in [0.2, 0.25) is 0 Å². The second-order valence-corrected chi connectivity index (χ2v) is 5.08. The van der Waals surface area contributed by atoms with Crippen molar-refractivity contribution >= 4 is 15.9 Å². The summed E-state index contributed by atoms with van der Waals surface area (Å²) < 4.78 is 6.10. The van der Waals surface area contributed by atoms with Crippen LogP contribution in [-0.2, 0) is 12.0 Å². The van der Waals surface area contributed by atoms with Crippen molar-refractivity contribution in [1.82, 2.24) is 0 Å². The van der Waals surface area contributed by atoms with Crippen molar-refractivity contribution in [2.24, 2.45) is 5.73 Å². The minimum atomic E-state index is -0.374. The molecule has 0 saturated heterocycles. The van der Waals surface area contributed by atoms with Crippen LogP contribution in [0.15, 0.2) is 10.5 Å². The molecule has 1 fully saturated rings. The summed E-state index contributed by atoms with van der Waals surface area (Å²) in [6.45, 7) is 2.07. The van der Waals surface area contributed by atoms with E-state index < -0.39 is 0 Å². The maximum absolute atomic E-state index is 10.1. The summed E-state index contributed by atoms with van der Waals surface area (Å²) in [5, 5.41) is 10.1. The molecule has 0 aliphatic heterocycles. The first-order valence-corrected chi connectivity index (χ1v) is 6.20. The Hall–Kier alpha value is -0.740. The van der Waals surface area contributed by atoms with E-state index in [0.717, 1.165) is 34.9 Å². The van der Waals surface area contributed by atoms with Gasteiger partial charge in [-0.1, -0.05) is 22.9 Å². The summed E-state index contributed by atoms with van der Waals surface area (Å²) in [5.41, 5.74) is 7.71. The predicted octanol–water partition coefficient (Wildman–Crippen LogP) is 2.67. The van der Waals surface area contributed by atoms with E-state index in [-0.39, 0.29) is 11.3 Å². The number of aromatic hydroxyl groups is 1. The van der Waals surface area contributed by atoms with E-state index in [2.05, 4.69) is 22.9 Å². The molecule has 3 N–H and O–H groups in total. The molecule has 88 valence electrons. The van der Waals surface area contributed by atoms with Gasteiger partial charge >= 0.3 is 0 Å². The lowest BCUT2D eigenvalue weighted by molar-refractivity contribution is 0.366. The number of hydrogen-bond donors (Lipinski definition) is 2. The van der Waals surface area contributed by atoms with Gasteiger partial charge in [0, 0.05) is 15.6 Å². The third-order valence-corrected chi connectivity index (χ3v) is 4.07. The number of phenols is 1. The number of methoxy groups -OCH3 is 1. The molecule has 2 rings (SSSR count). The van der Waals surface area contributed by atoms with Gasteiger partial charge < -0.3 is 15.6 Å². The summed E-state index contributed by atoms with van der Waals surface area (Å²) >= 11 is 3.54. The van der Waals surface area contributed by atoms with E-state index in [9.17, 15) is 5.11 Å². The van der Waals surface area contributed by atoms with Crippen LogP contribution in [0, 0.1) is 0 Å². The third-order valence-electron chi connectivity index (χ3n) is 3.16. The maximum Gasteiger partial charge on any atom is 0.163 e. The smallest absolute Gasteiger partial charge is 0.163 e. The summed E-state index contributed by atoms with van der Waals surface area (Å²) in [6, 6.07) is 1.86. The molecule has 0 bridgehead atoms. The van der Waals surface area contributed by atoms with E-state index in [4.69, 9.17) is 10.5 Å². The quantitative estimate of drug-likeness (QED) is 0.898. The van der Waals surface area contributed by atoms with Crippen LogP contribution in [0.3, 0.4) is 0 Å². The fourth-order valence-corrected chi connectivity index (χ4v) is 2.91.